The van der Waals surface area contributed by atoms with Gasteiger partial charge in [-0.25, -0.2) is 0 Å². The number of nitrogens with zero attached hydrogens (tertiary/aromatic N) is 3. The zero-order valence-electron chi connectivity index (χ0n) is 15.6. The molecule has 1 aliphatic rings. The second kappa shape index (κ2) is 9.62. The van der Waals surface area contributed by atoms with Crippen molar-refractivity contribution in [2.75, 3.05) is 38.7 Å². The van der Waals surface area contributed by atoms with Crippen molar-refractivity contribution in [2.24, 2.45) is 0 Å². The zero-order valence-corrected chi connectivity index (χ0v) is 17.1. The van der Waals surface area contributed by atoms with E-state index in [4.69, 9.17) is 21.1 Å². The number of hydrogen-bond donors (Lipinski definition) is 2. The number of β-amino-alcohol motifs (C(OH)–C–C–N with tert-alkyl or cyclic N) is 1. The van der Waals surface area contributed by atoms with Gasteiger partial charge in [-0.15, -0.1) is 10.2 Å². The normalized spacial score (nSPS) is 20.1. The standard InChI is InChI=1S/C18H23ClN4O4S/c1-26-10-16-21-22-17(28-16)20-15(24)9-23-7-3-6-18(25,11-23)12-27-14-5-2-4-13(19)8-14/h2,4-5,8,25H,3,6-7,9-12H2,1H3,(H,20,22,24). The van der Waals surface area contributed by atoms with E-state index in [-0.39, 0.29) is 19.1 Å². The monoisotopic (exact) mass is 426 g/mol. The summed E-state index contributed by atoms with van der Waals surface area (Å²) < 4.78 is 10.7. The highest BCUT2D eigenvalue weighted by Crippen LogP contribution is 2.24. The van der Waals surface area contributed by atoms with E-state index in [0.717, 1.165) is 13.0 Å². The van der Waals surface area contributed by atoms with E-state index in [0.29, 0.717) is 40.5 Å². The SMILES string of the molecule is COCc1nnc(NC(=O)CN2CCCC(O)(COc3cccc(Cl)c3)C2)s1. The van der Waals surface area contributed by atoms with Crippen LogP contribution in [0.1, 0.15) is 17.8 Å². The molecule has 1 amide bonds. The zero-order chi connectivity index (χ0) is 20.0. The van der Waals surface area contributed by atoms with Gasteiger partial charge in [0.05, 0.1) is 6.54 Å². The maximum Gasteiger partial charge on any atom is 0.240 e. The number of carbonyl (C=O) groups is 1. The van der Waals surface area contributed by atoms with Gasteiger partial charge in [0.15, 0.2) is 0 Å². The van der Waals surface area contributed by atoms with Crippen LogP contribution in [0.2, 0.25) is 5.02 Å². The molecule has 1 aromatic carbocycles. The molecule has 0 radical (unpaired) electrons. The fourth-order valence-corrected chi connectivity index (χ4v) is 3.99. The molecule has 1 saturated heterocycles. The maximum atomic E-state index is 12.3. The molecule has 0 aliphatic carbocycles. The number of aliphatic hydroxyl groups is 1. The minimum atomic E-state index is -1.02. The number of carbonyl (C=O) groups excluding carboxylic acids is 1. The van der Waals surface area contributed by atoms with Gasteiger partial charge in [0.25, 0.3) is 0 Å². The van der Waals surface area contributed by atoms with Gasteiger partial charge in [0.1, 0.15) is 29.6 Å². The van der Waals surface area contributed by atoms with Gasteiger partial charge < -0.3 is 14.6 Å². The molecule has 10 heteroatoms. The number of amides is 1. The van der Waals surface area contributed by atoms with Crippen LogP contribution < -0.4 is 10.1 Å². The number of methoxy groups -OCH3 is 1. The van der Waals surface area contributed by atoms with Gasteiger partial charge in [0, 0.05) is 18.7 Å². The van der Waals surface area contributed by atoms with Gasteiger partial charge in [-0.1, -0.05) is 29.0 Å². The minimum Gasteiger partial charge on any atom is -0.490 e. The highest BCUT2D eigenvalue weighted by Gasteiger charge is 2.34. The van der Waals surface area contributed by atoms with Crippen molar-refractivity contribution in [1.82, 2.24) is 15.1 Å². The van der Waals surface area contributed by atoms with Crippen molar-refractivity contribution in [1.29, 1.82) is 0 Å². The number of aromatic nitrogens is 2. The summed E-state index contributed by atoms with van der Waals surface area (Å²) in [6, 6.07) is 7.06. The third kappa shape index (κ3) is 6.11. The molecule has 1 fully saturated rings. The number of hydrogen-bond acceptors (Lipinski definition) is 8. The molecule has 1 aromatic heterocycles. The number of rotatable bonds is 8. The number of likely N-dealkylation sites (tertiary alicyclic amines) is 1. The van der Waals surface area contributed by atoms with Crippen LogP contribution in [-0.4, -0.2) is 65.1 Å². The number of piperidine rings is 1. The van der Waals surface area contributed by atoms with E-state index in [1.165, 1.54) is 11.3 Å². The average molecular weight is 427 g/mol. The molecule has 1 unspecified atom stereocenters. The Morgan fingerprint density at radius 2 is 2.32 bits per heavy atom. The summed E-state index contributed by atoms with van der Waals surface area (Å²) >= 11 is 7.23. The quantitative estimate of drug-likeness (QED) is 0.667. The minimum absolute atomic E-state index is 0.141. The molecule has 2 N–H and O–H groups in total. The molecule has 152 valence electrons. The van der Waals surface area contributed by atoms with E-state index >= 15 is 0 Å². The largest absolute Gasteiger partial charge is 0.490 e. The number of ether oxygens (including phenoxy) is 2. The second-order valence-corrected chi connectivity index (χ2v) is 8.27. The second-order valence-electron chi connectivity index (χ2n) is 6.77. The lowest BCUT2D eigenvalue weighted by molar-refractivity contribution is -0.119. The first-order chi connectivity index (χ1) is 13.5. The molecule has 3 rings (SSSR count). The molecule has 1 aliphatic heterocycles. The Hall–Kier alpha value is -1.78. The number of benzene rings is 1. The Morgan fingerprint density at radius 3 is 3.11 bits per heavy atom. The first-order valence-electron chi connectivity index (χ1n) is 8.90. The summed E-state index contributed by atoms with van der Waals surface area (Å²) in [4.78, 5) is 14.2. The summed E-state index contributed by atoms with van der Waals surface area (Å²) in [6.45, 7) is 1.75. The molecular weight excluding hydrogens is 404 g/mol. The Kier molecular flexibility index (Phi) is 7.19. The first-order valence-corrected chi connectivity index (χ1v) is 10.1. The van der Waals surface area contributed by atoms with E-state index in [9.17, 15) is 9.90 Å². The summed E-state index contributed by atoms with van der Waals surface area (Å²) in [5, 5.41) is 23.2. The summed E-state index contributed by atoms with van der Waals surface area (Å²) in [6.07, 6.45) is 1.39. The molecule has 2 heterocycles. The molecule has 0 spiro atoms. The van der Waals surface area contributed by atoms with Crippen LogP contribution in [0.5, 0.6) is 5.75 Å². The van der Waals surface area contributed by atoms with Gasteiger partial charge in [-0.05, 0) is 37.6 Å². The average Bonchev–Trinajstić information content (AvgIpc) is 3.07. The number of anilines is 1. The Morgan fingerprint density at radius 1 is 1.46 bits per heavy atom. The fourth-order valence-electron chi connectivity index (χ4n) is 3.08. The van der Waals surface area contributed by atoms with Gasteiger partial charge in [0.2, 0.25) is 11.0 Å². The highest BCUT2D eigenvalue weighted by molar-refractivity contribution is 7.15. The first kappa shape index (κ1) is 20.9. The van der Waals surface area contributed by atoms with E-state index < -0.39 is 5.60 Å². The molecule has 0 saturated carbocycles. The van der Waals surface area contributed by atoms with Crippen LogP contribution in [0.3, 0.4) is 0 Å². The summed E-state index contributed by atoms with van der Waals surface area (Å²) in [5.41, 5.74) is -1.02. The van der Waals surface area contributed by atoms with Gasteiger partial charge in [-0.2, -0.15) is 0 Å². The predicted molar refractivity (Wildman–Crippen MR) is 107 cm³/mol. The summed E-state index contributed by atoms with van der Waals surface area (Å²) in [5.74, 6) is 0.416. The van der Waals surface area contributed by atoms with Crippen LogP contribution in [-0.2, 0) is 16.1 Å². The maximum absolute atomic E-state index is 12.3. The van der Waals surface area contributed by atoms with Crippen molar-refractivity contribution in [3.63, 3.8) is 0 Å². The molecular formula is C18H23ClN4O4S. The van der Waals surface area contributed by atoms with Gasteiger partial charge >= 0.3 is 0 Å². The van der Waals surface area contributed by atoms with Crippen LogP contribution in [0.25, 0.3) is 0 Å². The lowest BCUT2D eigenvalue weighted by Crippen LogP contribution is -2.53. The molecule has 0 bridgehead atoms. The Labute approximate surface area is 172 Å². The molecule has 2 aromatic rings. The Bertz CT molecular complexity index is 805. The smallest absolute Gasteiger partial charge is 0.240 e. The van der Waals surface area contributed by atoms with Gasteiger partial charge in [-0.3, -0.25) is 15.0 Å². The topological polar surface area (TPSA) is 96.8 Å². The van der Waals surface area contributed by atoms with Crippen LogP contribution >= 0.6 is 22.9 Å². The predicted octanol–water partition coefficient (Wildman–Crippen LogP) is 2.18. The third-order valence-electron chi connectivity index (χ3n) is 4.29. The molecule has 8 nitrogen and oxygen atoms in total. The number of nitrogens with one attached hydrogen (secondary N) is 1. The van der Waals surface area contributed by atoms with Crippen molar-refractivity contribution in [3.05, 3.63) is 34.3 Å². The van der Waals surface area contributed by atoms with Crippen molar-refractivity contribution < 1.29 is 19.4 Å². The van der Waals surface area contributed by atoms with Crippen molar-refractivity contribution >= 4 is 34.0 Å². The number of halogens is 1. The Balaban J connectivity index is 1.49. The molecule has 28 heavy (non-hydrogen) atoms. The van der Waals surface area contributed by atoms with Crippen LogP contribution in [0.4, 0.5) is 5.13 Å². The van der Waals surface area contributed by atoms with Crippen LogP contribution in [0.15, 0.2) is 24.3 Å². The van der Waals surface area contributed by atoms with E-state index in [2.05, 4.69) is 15.5 Å². The van der Waals surface area contributed by atoms with Crippen molar-refractivity contribution in [2.45, 2.75) is 25.0 Å². The lowest BCUT2D eigenvalue weighted by atomic mass is 9.93. The fraction of sp³-hybridized carbons (Fsp3) is 0.500. The summed E-state index contributed by atoms with van der Waals surface area (Å²) in [7, 11) is 1.58. The van der Waals surface area contributed by atoms with E-state index in [1.54, 1.807) is 31.4 Å². The lowest BCUT2D eigenvalue weighted by Gasteiger charge is -2.38. The van der Waals surface area contributed by atoms with E-state index in [1.807, 2.05) is 4.90 Å². The van der Waals surface area contributed by atoms with Crippen LogP contribution in [0, 0.1) is 0 Å². The third-order valence-corrected chi connectivity index (χ3v) is 5.33. The molecule has 1 atom stereocenters. The van der Waals surface area contributed by atoms with Crippen molar-refractivity contribution in [3.8, 4) is 5.75 Å². The highest BCUT2D eigenvalue weighted by atomic mass is 35.5.